The van der Waals surface area contributed by atoms with Gasteiger partial charge in [0.05, 0.1) is 5.52 Å². The fourth-order valence-electron chi connectivity index (χ4n) is 2.06. The van der Waals surface area contributed by atoms with Crippen molar-refractivity contribution in [3.63, 3.8) is 0 Å². The summed E-state index contributed by atoms with van der Waals surface area (Å²) in [5.74, 6) is -3.76. The Balaban J connectivity index is 1.97. The lowest BCUT2D eigenvalue weighted by atomic mass is 10.0. The van der Waals surface area contributed by atoms with Gasteiger partial charge in [0.1, 0.15) is 0 Å². The second-order valence-electron chi connectivity index (χ2n) is 4.82. The molecule has 2 aromatic heterocycles. The van der Waals surface area contributed by atoms with Gasteiger partial charge in [0.25, 0.3) is 0 Å². The summed E-state index contributed by atoms with van der Waals surface area (Å²) < 4.78 is 29.4. The number of nitrogens with zero attached hydrogens (tertiary/aromatic N) is 3. The second kappa shape index (κ2) is 5.99. The molecular formula is C15H10AlF2N5. The van der Waals surface area contributed by atoms with Crippen LogP contribution in [0.4, 0.5) is 8.78 Å². The predicted molar refractivity (Wildman–Crippen MR) is 83.6 cm³/mol. The Kier molecular flexibility index (Phi) is 4.03. The van der Waals surface area contributed by atoms with Gasteiger partial charge in [-0.3, -0.25) is 10.1 Å². The van der Waals surface area contributed by atoms with Crippen LogP contribution in [0.3, 0.4) is 0 Å². The second-order valence-corrected chi connectivity index (χ2v) is 5.44. The lowest BCUT2D eigenvalue weighted by Crippen LogP contribution is -2.17. The molecule has 5 nitrogen and oxygen atoms in total. The summed E-state index contributed by atoms with van der Waals surface area (Å²) >= 11 is 2.17. The van der Waals surface area contributed by atoms with Crippen LogP contribution in [0.2, 0.25) is 0 Å². The molecule has 0 amide bonds. The van der Waals surface area contributed by atoms with Crippen molar-refractivity contribution in [3.05, 3.63) is 59.8 Å². The maximum absolute atomic E-state index is 14.6. The van der Waals surface area contributed by atoms with Crippen molar-refractivity contribution in [2.45, 2.75) is 5.92 Å². The van der Waals surface area contributed by atoms with E-state index in [1.165, 1.54) is 24.3 Å². The molecule has 2 heterocycles. The van der Waals surface area contributed by atoms with Crippen LogP contribution in [-0.2, 0) is 5.92 Å². The number of rotatable bonds is 4. The fraction of sp³-hybridized carbons (Fsp3) is 0.0667. The van der Waals surface area contributed by atoms with Crippen molar-refractivity contribution in [2.24, 2.45) is 0 Å². The van der Waals surface area contributed by atoms with Crippen LogP contribution in [0.1, 0.15) is 17.2 Å². The molecule has 0 saturated carbocycles. The lowest BCUT2D eigenvalue weighted by Gasteiger charge is -2.14. The summed E-state index contributed by atoms with van der Waals surface area (Å²) in [7, 11) is 0. The normalized spacial score (nSPS) is 12.1. The van der Waals surface area contributed by atoms with Crippen LogP contribution in [0.15, 0.2) is 42.6 Å². The Morgan fingerprint density at radius 1 is 1.30 bits per heavy atom. The predicted octanol–water partition coefficient (Wildman–Crippen LogP) is 2.65. The Morgan fingerprint density at radius 2 is 2.13 bits per heavy atom. The minimum Gasteiger partial charge on any atom is -0.326 e. The Morgan fingerprint density at radius 3 is 2.91 bits per heavy atom. The summed E-state index contributed by atoms with van der Waals surface area (Å²) in [6.07, 6.45) is 4.39. The van der Waals surface area contributed by atoms with E-state index in [1.807, 2.05) is 0 Å². The average Bonchev–Trinajstić information content (AvgIpc) is 3.02. The largest absolute Gasteiger partial charge is 0.331 e. The molecule has 0 unspecified atom stereocenters. The molecule has 3 rings (SSSR count). The van der Waals surface area contributed by atoms with Crippen molar-refractivity contribution in [2.75, 3.05) is 0 Å². The van der Waals surface area contributed by atoms with E-state index < -0.39 is 11.7 Å². The standard InChI is InChI=1S/C15H10F2N5.Al/c16-15(17,14-20-13(21-22-14)4-1-7-18)11-5-6-12-10(9-11)3-2-8-19-12;/h1-6,8-9,18H,(H,20,21,22);. The van der Waals surface area contributed by atoms with E-state index in [0.29, 0.717) is 10.9 Å². The molecule has 0 bridgehead atoms. The van der Waals surface area contributed by atoms with Gasteiger partial charge in [-0.2, -0.15) is 13.9 Å². The van der Waals surface area contributed by atoms with Gasteiger partial charge >= 0.3 is 5.92 Å². The molecule has 2 N–H and O–H groups in total. The molecule has 0 saturated heterocycles. The quantitative estimate of drug-likeness (QED) is 0.572. The maximum atomic E-state index is 14.6. The van der Waals surface area contributed by atoms with Crippen molar-refractivity contribution in [3.8, 4) is 0 Å². The molecule has 0 atom stereocenters. The van der Waals surface area contributed by atoms with E-state index >= 15 is 0 Å². The zero-order chi connectivity index (χ0) is 16.4. The number of nitrogens with one attached hydrogen (secondary N) is 2. The number of aromatic amines is 1. The van der Waals surface area contributed by atoms with Crippen molar-refractivity contribution in [1.82, 2.24) is 20.2 Å². The minimum atomic E-state index is -3.31. The highest BCUT2D eigenvalue weighted by Gasteiger charge is 2.38. The van der Waals surface area contributed by atoms with Crippen LogP contribution in [0.25, 0.3) is 17.0 Å². The molecule has 0 fully saturated rings. The average molecular weight is 325 g/mol. The lowest BCUT2D eigenvalue weighted by molar-refractivity contribution is 0.0333. The van der Waals surface area contributed by atoms with Crippen molar-refractivity contribution >= 4 is 37.8 Å². The molecule has 1 aromatic carbocycles. The molecule has 8 heteroatoms. The third-order valence-corrected chi connectivity index (χ3v) is 3.37. The summed E-state index contributed by atoms with van der Waals surface area (Å²) in [6.45, 7) is 0. The Hall–Kier alpha value is -2.43. The third kappa shape index (κ3) is 3.18. The van der Waals surface area contributed by atoms with Gasteiger partial charge in [-0.25, -0.2) is 4.98 Å². The SMILES string of the molecule is N=[C]([Al])C=Cc1n[nH]c(C(F)(F)c2ccc3ncccc3c2)n1. The number of pyridine rings is 1. The molecule has 0 aliphatic heterocycles. The molecule has 0 aliphatic rings. The summed E-state index contributed by atoms with van der Waals surface area (Å²) in [4.78, 5) is 7.90. The molecular weight excluding hydrogens is 315 g/mol. The van der Waals surface area contributed by atoms with Gasteiger partial charge in [-0.1, -0.05) is 22.8 Å². The highest BCUT2D eigenvalue weighted by molar-refractivity contribution is 6.62. The van der Waals surface area contributed by atoms with Gasteiger partial charge in [-0.05, 0) is 24.3 Å². The van der Waals surface area contributed by atoms with Crippen LogP contribution in [0.5, 0.6) is 0 Å². The number of allylic oxidation sites excluding steroid dienone is 1. The topological polar surface area (TPSA) is 78.3 Å². The highest BCUT2D eigenvalue weighted by Crippen LogP contribution is 2.34. The van der Waals surface area contributed by atoms with Crippen LogP contribution < -0.4 is 0 Å². The van der Waals surface area contributed by atoms with Gasteiger partial charge in [0, 0.05) is 17.1 Å². The minimum absolute atomic E-state index is 0.0920. The molecule has 2 radical (unpaired) electrons. The summed E-state index contributed by atoms with van der Waals surface area (Å²) in [5.41, 5.74) is 0.454. The molecule has 23 heavy (non-hydrogen) atoms. The molecule has 0 spiro atoms. The summed E-state index contributed by atoms with van der Waals surface area (Å²) in [5, 5.41) is 13.8. The molecule has 0 aliphatic carbocycles. The monoisotopic (exact) mass is 325 g/mol. The number of halogens is 2. The smallest absolute Gasteiger partial charge is 0.326 e. The zero-order valence-electron chi connectivity index (χ0n) is 11.8. The van der Waals surface area contributed by atoms with Crippen LogP contribution in [-0.4, -0.2) is 41.0 Å². The van der Waals surface area contributed by atoms with E-state index in [2.05, 4.69) is 36.5 Å². The Labute approximate surface area is 138 Å². The van der Waals surface area contributed by atoms with Gasteiger partial charge in [0.15, 0.2) is 11.6 Å². The number of fused-ring (bicyclic) bond motifs is 1. The van der Waals surface area contributed by atoms with Gasteiger partial charge in [0.2, 0.25) is 16.3 Å². The van der Waals surface area contributed by atoms with E-state index in [-0.39, 0.29) is 16.0 Å². The molecule has 112 valence electrons. The Bertz CT molecular complexity index is 904. The first-order valence-corrected chi connectivity index (χ1v) is 7.22. The first-order chi connectivity index (χ1) is 11.0. The van der Waals surface area contributed by atoms with Crippen molar-refractivity contribution in [1.29, 1.82) is 5.41 Å². The number of benzene rings is 1. The first-order valence-electron chi connectivity index (χ1n) is 6.65. The first kappa shape index (κ1) is 15.5. The number of hydrogen-bond acceptors (Lipinski definition) is 4. The van der Waals surface area contributed by atoms with Crippen LogP contribution in [0, 0.1) is 5.41 Å². The third-order valence-electron chi connectivity index (χ3n) is 3.18. The van der Waals surface area contributed by atoms with Gasteiger partial charge in [-0.15, -0.1) is 0 Å². The van der Waals surface area contributed by atoms with E-state index in [1.54, 1.807) is 24.4 Å². The summed E-state index contributed by atoms with van der Waals surface area (Å²) in [6, 6.07) is 7.68. The number of H-pyrrole nitrogens is 1. The van der Waals surface area contributed by atoms with E-state index in [0.717, 1.165) is 0 Å². The number of alkyl halides is 2. The number of hydrogen-bond donors (Lipinski definition) is 2. The fourth-order valence-corrected chi connectivity index (χ4v) is 2.16. The van der Waals surface area contributed by atoms with E-state index in [9.17, 15) is 8.78 Å². The van der Waals surface area contributed by atoms with Crippen LogP contribution >= 0.6 is 0 Å². The highest BCUT2D eigenvalue weighted by atomic mass is 27.0. The van der Waals surface area contributed by atoms with Crippen molar-refractivity contribution < 1.29 is 8.78 Å². The van der Waals surface area contributed by atoms with Gasteiger partial charge < -0.3 is 5.41 Å². The van der Waals surface area contributed by atoms with E-state index in [4.69, 9.17) is 5.41 Å². The maximum Gasteiger partial charge on any atom is 0.331 e. The number of aromatic nitrogens is 4. The zero-order valence-corrected chi connectivity index (χ0v) is 12.9. The molecule has 3 aromatic rings.